The summed E-state index contributed by atoms with van der Waals surface area (Å²) in [6.07, 6.45) is 0.0711. The van der Waals surface area contributed by atoms with Crippen LogP contribution < -0.4 is 4.72 Å². The molecule has 10 heteroatoms. The summed E-state index contributed by atoms with van der Waals surface area (Å²) in [6.45, 7) is 1.45. The molecule has 0 aliphatic rings. The topological polar surface area (TPSA) is 131 Å². The summed E-state index contributed by atoms with van der Waals surface area (Å²) in [5.41, 5.74) is -0.194. The fourth-order valence-corrected chi connectivity index (χ4v) is 2.52. The molecule has 1 atom stereocenters. The molecule has 20 heavy (non-hydrogen) atoms. The highest BCUT2D eigenvalue weighted by molar-refractivity contribution is 7.89. The number of carbonyl (C=O) groups is 1. The number of hydrogen-bond acceptors (Lipinski definition) is 7. The Balaban J connectivity index is 2.83. The van der Waals surface area contributed by atoms with Crippen LogP contribution in [-0.4, -0.2) is 62.7 Å². The Morgan fingerprint density at radius 3 is 2.90 bits per heavy atom. The molecule has 0 saturated heterocycles. The van der Waals surface area contributed by atoms with Crippen molar-refractivity contribution in [2.45, 2.75) is 18.1 Å². The Morgan fingerprint density at radius 2 is 2.30 bits per heavy atom. The lowest BCUT2D eigenvalue weighted by molar-refractivity contribution is 0.0522. The number of sulfonamides is 1. The average Bonchev–Trinajstić information content (AvgIpc) is 2.87. The van der Waals surface area contributed by atoms with Crippen LogP contribution in [0.3, 0.4) is 0 Å². The van der Waals surface area contributed by atoms with E-state index in [0.717, 1.165) is 6.20 Å². The van der Waals surface area contributed by atoms with E-state index in [-0.39, 0.29) is 25.3 Å². The van der Waals surface area contributed by atoms with Crippen LogP contribution in [0.15, 0.2) is 11.2 Å². The first-order valence-corrected chi connectivity index (χ1v) is 7.27. The molecule has 0 amide bonds. The maximum absolute atomic E-state index is 12.0. The number of nitrogens with one attached hydrogen (secondary N) is 2. The smallest absolute Gasteiger partial charge is 0.342 e. The van der Waals surface area contributed by atoms with Gasteiger partial charge in [0.05, 0.1) is 25.5 Å². The molecule has 0 aliphatic heterocycles. The van der Waals surface area contributed by atoms with Crippen molar-refractivity contribution in [3.05, 3.63) is 11.8 Å². The Bertz CT molecular complexity index is 541. The first kappa shape index (κ1) is 16.6. The molecule has 1 aromatic rings. The summed E-state index contributed by atoms with van der Waals surface area (Å²) < 4.78 is 35.5. The fourth-order valence-electron chi connectivity index (χ4n) is 1.36. The van der Waals surface area contributed by atoms with E-state index in [1.165, 1.54) is 7.11 Å². The number of aromatic nitrogens is 2. The predicted molar refractivity (Wildman–Crippen MR) is 67.6 cm³/mol. The molecule has 0 aromatic carbocycles. The molecule has 0 aliphatic carbocycles. The number of nitrogens with zero attached hydrogens (tertiary/aromatic N) is 1. The minimum absolute atomic E-state index is 0.0176. The molecule has 0 radical (unpaired) electrons. The van der Waals surface area contributed by atoms with Gasteiger partial charge in [-0.15, -0.1) is 0 Å². The minimum Gasteiger partial charge on any atom is -0.462 e. The zero-order chi connectivity index (χ0) is 15.2. The first-order chi connectivity index (χ1) is 9.42. The van der Waals surface area contributed by atoms with Gasteiger partial charge in [0, 0.05) is 13.7 Å². The van der Waals surface area contributed by atoms with Crippen molar-refractivity contribution >= 4 is 16.0 Å². The zero-order valence-electron chi connectivity index (χ0n) is 11.1. The third-order valence-corrected chi connectivity index (χ3v) is 3.63. The molecule has 114 valence electrons. The standard InChI is InChI=1S/C10H17N3O6S/c1-3-19-10(15)8-5-11-13-9(8)20(16,17)12-4-7(14)6-18-2/h5,7,12,14H,3-4,6H2,1-2H3,(H,11,13). The molecule has 1 rings (SSSR count). The van der Waals surface area contributed by atoms with Gasteiger partial charge in [0.1, 0.15) is 5.56 Å². The Morgan fingerprint density at radius 1 is 1.60 bits per heavy atom. The molecule has 0 bridgehead atoms. The van der Waals surface area contributed by atoms with E-state index in [9.17, 15) is 18.3 Å². The number of H-pyrrole nitrogens is 1. The first-order valence-electron chi connectivity index (χ1n) is 5.79. The maximum atomic E-state index is 12.0. The van der Waals surface area contributed by atoms with E-state index in [4.69, 9.17) is 4.74 Å². The highest BCUT2D eigenvalue weighted by Gasteiger charge is 2.26. The van der Waals surface area contributed by atoms with Crippen molar-refractivity contribution in [1.82, 2.24) is 14.9 Å². The molecule has 1 heterocycles. The lowest BCUT2D eigenvalue weighted by Gasteiger charge is -2.11. The number of esters is 1. The van der Waals surface area contributed by atoms with Gasteiger partial charge in [-0.2, -0.15) is 5.10 Å². The van der Waals surface area contributed by atoms with Gasteiger partial charge in [-0.25, -0.2) is 17.9 Å². The molecular weight excluding hydrogens is 290 g/mol. The molecule has 1 aromatic heterocycles. The van der Waals surface area contributed by atoms with Gasteiger partial charge in [-0.1, -0.05) is 0 Å². The van der Waals surface area contributed by atoms with Crippen molar-refractivity contribution in [2.24, 2.45) is 0 Å². The molecule has 3 N–H and O–H groups in total. The summed E-state index contributed by atoms with van der Waals surface area (Å²) in [5.74, 6) is -0.793. The van der Waals surface area contributed by atoms with Gasteiger partial charge >= 0.3 is 5.97 Å². The SMILES string of the molecule is CCOC(=O)c1cn[nH]c1S(=O)(=O)NCC(O)COC. The van der Waals surface area contributed by atoms with Crippen LogP contribution in [0, 0.1) is 0 Å². The lowest BCUT2D eigenvalue weighted by atomic mass is 10.4. The molecule has 0 saturated carbocycles. The molecule has 0 spiro atoms. The third kappa shape index (κ3) is 4.27. The van der Waals surface area contributed by atoms with Gasteiger partial charge in [-0.05, 0) is 6.92 Å². The van der Waals surface area contributed by atoms with E-state index in [0.29, 0.717) is 0 Å². The fraction of sp³-hybridized carbons (Fsp3) is 0.600. The van der Waals surface area contributed by atoms with Crippen LogP contribution in [0.4, 0.5) is 0 Å². The second kappa shape index (κ2) is 7.33. The van der Waals surface area contributed by atoms with E-state index < -0.39 is 27.1 Å². The van der Waals surface area contributed by atoms with Gasteiger partial charge in [0.15, 0.2) is 5.03 Å². The highest BCUT2D eigenvalue weighted by Crippen LogP contribution is 2.13. The van der Waals surface area contributed by atoms with Crippen LogP contribution in [0.1, 0.15) is 17.3 Å². The van der Waals surface area contributed by atoms with E-state index in [2.05, 4.69) is 19.7 Å². The molecular formula is C10H17N3O6S. The Labute approximate surface area is 116 Å². The van der Waals surface area contributed by atoms with E-state index in [1.54, 1.807) is 6.92 Å². The number of methoxy groups -OCH3 is 1. The van der Waals surface area contributed by atoms with Crippen LogP contribution in [-0.2, 0) is 19.5 Å². The van der Waals surface area contributed by atoms with Gasteiger partial charge in [0.25, 0.3) is 10.0 Å². The highest BCUT2D eigenvalue weighted by atomic mass is 32.2. The largest absolute Gasteiger partial charge is 0.462 e. The van der Waals surface area contributed by atoms with Crippen LogP contribution in [0.5, 0.6) is 0 Å². The quantitative estimate of drug-likeness (QED) is 0.518. The number of aromatic amines is 1. The van der Waals surface area contributed by atoms with E-state index >= 15 is 0 Å². The maximum Gasteiger partial charge on any atom is 0.342 e. The molecule has 0 fully saturated rings. The minimum atomic E-state index is -4.01. The number of hydrogen-bond donors (Lipinski definition) is 3. The Kier molecular flexibility index (Phi) is 6.07. The summed E-state index contributed by atoms with van der Waals surface area (Å²) in [6, 6.07) is 0. The summed E-state index contributed by atoms with van der Waals surface area (Å²) in [5, 5.41) is 14.8. The van der Waals surface area contributed by atoms with Gasteiger partial charge in [0.2, 0.25) is 0 Å². The summed E-state index contributed by atoms with van der Waals surface area (Å²) >= 11 is 0. The number of carbonyl (C=O) groups excluding carboxylic acids is 1. The third-order valence-electron chi connectivity index (χ3n) is 2.24. The molecule has 9 nitrogen and oxygen atoms in total. The van der Waals surface area contributed by atoms with Crippen LogP contribution in [0.2, 0.25) is 0 Å². The van der Waals surface area contributed by atoms with Crippen LogP contribution in [0.25, 0.3) is 0 Å². The number of aliphatic hydroxyl groups excluding tert-OH is 1. The van der Waals surface area contributed by atoms with Crippen molar-refractivity contribution in [3.63, 3.8) is 0 Å². The monoisotopic (exact) mass is 307 g/mol. The number of rotatable bonds is 8. The lowest BCUT2D eigenvalue weighted by Crippen LogP contribution is -2.35. The van der Waals surface area contributed by atoms with Crippen LogP contribution >= 0.6 is 0 Å². The normalized spacial score (nSPS) is 13.2. The van der Waals surface area contributed by atoms with Gasteiger partial charge in [-0.3, -0.25) is 5.10 Å². The second-order valence-electron chi connectivity index (χ2n) is 3.79. The zero-order valence-corrected chi connectivity index (χ0v) is 11.9. The average molecular weight is 307 g/mol. The Hall–Kier alpha value is -1.49. The van der Waals surface area contributed by atoms with Gasteiger partial charge < -0.3 is 14.6 Å². The number of aliphatic hydroxyl groups is 1. The number of ether oxygens (including phenoxy) is 2. The van der Waals surface area contributed by atoms with E-state index in [1.807, 2.05) is 0 Å². The van der Waals surface area contributed by atoms with Crippen molar-refractivity contribution in [1.29, 1.82) is 0 Å². The predicted octanol–water partition coefficient (Wildman–Crippen LogP) is -1.13. The second-order valence-corrected chi connectivity index (χ2v) is 5.50. The summed E-state index contributed by atoms with van der Waals surface area (Å²) in [4.78, 5) is 11.6. The van der Waals surface area contributed by atoms with Crippen molar-refractivity contribution in [2.75, 3.05) is 26.9 Å². The van der Waals surface area contributed by atoms with Crippen molar-refractivity contribution < 1.29 is 27.8 Å². The van der Waals surface area contributed by atoms with Crippen molar-refractivity contribution in [3.8, 4) is 0 Å². The summed E-state index contributed by atoms with van der Waals surface area (Å²) in [7, 11) is -2.63. The molecule has 1 unspecified atom stereocenters.